The Hall–Kier alpha value is -0.0500. The summed E-state index contributed by atoms with van der Waals surface area (Å²) in [5.41, 5.74) is 1.30. The number of hydrogen-bond donors (Lipinski definition) is 0. The highest BCUT2D eigenvalue weighted by atomic mass is 79.9. The minimum absolute atomic E-state index is 0.547. The fourth-order valence-corrected chi connectivity index (χ4v) is 1.77. The Labute approximate surface area is 99.2 Å². The van der Waals surface area contributed by atoms with Crippen LogP contribution in [0.25, 0.3) is 0 Å². The molecular formula is C11H15BrClN. The average Bonchev–Trinajstić information content (AvgIpc) is 2.20. The van der Waals surface area contributed by atoms with E-state index in [9.17, 15) is 0 Å². The SMILES string of the molecule is CC(CBr)N(C)Cc1ccc(Cl)cc1. The maximum absolute atomic E-state index is 5.82. The molecule has 0 saturated carbocycles. The Morgan fingerprint density at radius 3 is 2.43 bits per heavy atom. The van der Waals surface area contributed by atoms with Gasteiger partial charge in [-0.25, -0.2) is 0 Å². The molecule has 78 valence electrons. The summed E-state index contributed by atoms with van der Waals surface area (Å²) in [6.07, 6.45) is 0. The number of benzene rings is 1. The summed E-state index contributed by atoms with van der Waals surface area (Å²) in [5, 5.41) is 1.79. The lowest BCUT2D eigenvalue weighted by Crippen LogP contribution is -2.29. The van der Waals surface area contributed by atoms with E-state index >= 15 is 0 Å². The van der Waals surface area contributed by atoms with Crippen LogP contribution in [0.1, 0.15) is 12.5 Å². The molecule has 0 aliphatic heterocycles. The van der Waals surface area contributed by atoms with Gasteiger partial charge in [0.2, 0.25) is 0 Å². The highest BCUT2D eigenvalue weighted by Crippen LogP contribution is 2.12. The Balaban J connectivity index is 2.56. The minimum atomic E-state index is 0.547. The summed E-state index contributed by atoms with van der Waals surface area (Å²) in [4.78, 5) is 2.30. The van der Waals surface area contributed by atoms with E-state index in [4.69, 9.17) is 11.6 Å². The maximum atomic E-state index is 5.82. The summed E-state index contributed by atoms with van der Waals surface area (Å²) in [5.74, 6) is 0. The average molecular weight is 277 g/mol. The van der Waals surface area contributed by atoms with Gasteiger partial charge in [-0.2, -0.15) is 0 Å². The molecule has 0 radical (unpaired) electrons. The Morgan fingerprint density at radius 1 is 1.36 bits per heavy atom. The normalized spacial score (nSPS) is 13.2. The molecule has 0 N–H and O–H groups in total. The zero-order chi connectivity index (χ0) is 10.6. The molecule has 1 unspecified atom stereocenters. The van der Waals surface area contributed by atoms with Crippen molar-refractivity contribution in [3.63, 3.8) is 0 Å². The smallest absolute Gasteiger partial charge is 0.0406 e. The Kier molecular flexibility index (Phi) is 4.93. The van der Waals surface area contributed by atoms with Crippen LogP contribution in [0.2, 0.25) is 5.02 Å². The van der Waals surface area contributed by atoms with E-state index in [1.165, 1.54) is 5.56 Å². The summed E-state index contributed by atoms with van der Waals surface area (Å²) in [6.45, 7) is 3.16. The molecule has 0 aromatic heterocycles. The fourth-order valence-electron chi connectivity index (χ4n) is 1.15. The zero-order valence-corrected chi connectivity index (χ0v) is 10.8. The van der Waals surface area contributed by atoms with Crippen molar-refractivity contribution in [1.82, 2.24) is 4.90 Å². The molecule has 0 spiro atoms. The maximum Gasteiger partial charge on any atom is 0.0406 e. The molecular weight excluding hydrogens is 261 g/mol. The van der Waals surface area contributed by atoms with E-state index in [0.29, 0.717) is 6.04 Å². The largest absolute Gasteiger partial charge is 0.299 e. The van der Waals surface area contributed by atoms with E-state index in [0.717, 1.165) is 16.9 Å². The van der Waals surface area contributed by atoms with Gasteiger partial charge in [-0.05, 0) is 31.7 Å². The van der Waals surface area contributed by atoms with Crippen molar-refractivity contribution in [2.24, 2.45) is 0 Å². The first kappa shape index (κ1) is 12.0. The molecule has 0 aliphatic rings. The lowest BCUT2D eigenvalue weighted by atomic mass is 10.2. The van der Waals surface area contributed by atoms with Gasteiger partial charge >= 0.3 is 0 Å². The highest BCUT2D eigenvalue weighted by Gasteiger charge is 2.07. The summed E-state index contributed by atoms with van der Waals surface area (Å²) >= 11 is 9.29. The quantitative estimate of drug-likeness (QED) is 0.760. The van der Waals surface area contributed by atoms with Gasteiger partial charge in [0.05, 0.1) is 0 Å². The molecule has 1 atom stereocenters. The second-order valence-electron chi connectivity index (χ2n) is 3.54. The van der Waals surface area contributed by atoms with E-state index < -0.39 is 0 Å². The molecule has 3 heteroatoms. The van der Waals surface area contributed by atoms with E-state index in [1.54, 1.807) is 0 Å². The van der Waals surface area contributed by atoms with Crippen molar-refractivity contribution < 1.29 is 0 Å². The summed E-state index contributed by atoms with van der Waals surface area (Å²) in [6, 6.07) is 8.55. The van der Waals surface area contributed by atoms with Crippen molar-refractivity contribution in [2.45, 2.75) is 19.5 Å². The van der Waals surface area contributed by atoms with Crippen molar-refractivity contribution >= 4 is 27.5 Å². The van der Waals surface area contributed by atoms with Crippen LogP contribution in [0.15, 0.2) is 24.3 Å². The van der Waals surface area contributed by atoms with E-state index in [1.807, 2.05) is 12.1 Å². The summed E-state index contributed by atoms with van der Waals surface area (Å²) in [7, 11) is 2.13. The third kappa shape index (κ3) is 3.60. The lowest BCUT2D eigenvalue weighted by molar-refractivity contribution is 0.271. The Bertz CT molecular complexity index is 273. The molecule has 1 aromatic rings. The van der Waals surface area contributed by atoms with Crippen molar-refractivity contribution in [2.75, 3.05) is 12.4 Å². The van der Waals surface area contributed by atoms with Gasteiger partial charge in [0.25, 0.3) is 0 Å². The van der Waals surface area contributed by atoms with Crippen LogP contribution in [0, 0.1) is 0 Å². The first-order valence-corrected chi connectivity index (χ1v) is 6.14. The van der Waals surface area contributed by atoms with Crippen molar-refractivity contribution in [3.05, 3.63) is 34.9 Å². The Morgan fingerprint density at radius 2 is 1.93 bits per heavy atom. The van der Waals surface area contributed by atoms with Crippen molar-refractivity contribution in [1.29, 1.82) is 0 Å². The number of rotatable bonds is 4. The lowest BCUT2D eigenvalue weighted by Gasteiger charge is -2.22. The molecule has 0 fully saturated rings. The number of nitrogens with zero attached hydrogens (tertiary/aromatic N) is 1. The predicted octanol–water partition coefficient (Wildman–Crippen LogP) is 3.56. The topological polar surface area (TPSA) is 3.24 Å². The molecule has 1 rings (SSSR count). The van der Waals surface area contributed by atoms with Crippen LogP contribution < -0.4 is 0 Å². The van der Waals surface area contributed by atoms with Crippen LogP contribution in [0.4, 0.5) is 0 Å². The standard InChI is InChI=1S/C11H15BrClN/c1-9(7-12)14(2)8-10-3-5-11(13)6-4-10/h3-6,9H,7-8H2,1-2H3. The van der Waals surface area contributed by atoms with Crippen LogP contribution in [0.3, 0.4) is 0 Å². The second-order valence-corrected chi connectivity index (χ2v) is 4.63. The molecule has 1 nitrogen and oxygen atoms in total. The number of hydrogen-bond acceptors (Lipinski definition) is 1. The van der Waals surface area contributed by atoms with Gasteiger partial charge in [-0.1, -0.05) is 39.7 Å². The third-order valence-corrected chi connectivity index (χ3v) is 3.51. The number of halogens is 2. The molecule has 0 heterocycles. The monoisotopic (exact) mass is 275 g/mol. The van der Waals surface area contributed by atoms with Crippen LogP contribution >= 0.6 is 27.5 Å². The van der Waals surface area contributed by atoms with E-state index in [2.05, 4.69) is 46.9 Å². The molecule has 1 aromatic carbocycles. The molecule has 14 heavy (non-hydrogen) atoms. The van der Waals surface area contributed by atoms with Gasteiger partial charge in [-0.15, -0.1) is 0 Å². The van der Waals surface area contributed by atoms with Gasteiger partial charge in [0.15, 0.2) is 0 Å². The molecule has 0 amide bonds. The first-order valence-electron chi connectivity index (χ1n) is 4.64. The minimum Gasteiger partial charge on any atom is -0.299 e. The van der Waals surface area contributed by atoms with E-state index in [-0.39, 0.29) is 0 Å². The molecule has 0 saturated heterocycles. The van der Waals surface area contributed by atoms with Gasteiger partial charge in [0, 0.05) is 22.9 Å². The van der Waals surface area contributed by atoms with Crippen LogP contribution in [-0.4, -0.2) is 23.3 Å². The fraction of sp³-hybridized carbons (Fsp3) is 0.455. The van der Waals surface area contributed by atoms with Gasteiger partial charge in [-0.3, -0.25) is 4.90 Å². The van der Waals surface area contributed by atoms with Gasteiger partial charge in [0.1, 0.15) is 0 Å². The van der Waals surface area contributed by atoms with Crippen LogP contribution in [-0.2, 0) is 6.54 Å². The van der Waals surface area contributed by atoms with Gasteiger partial charge < -0.3 is 0 Å². The number of alkyl halides is 1. The molecule has 0 aliphatic carbocycles. The third-order valence-electron chi connectivity index (χ3n) is 2.32. The second kappa shape index (κ2) is 5.74. The molecule has 0 bridgehead atoms. The zero-order valence-electron chi connectivity index (χ0n) is 8.50. The van der Waals surface area contributed by atoms with Crippen LogP contribution in [0.5, 0.6) is 0 Å². The predicted molar refractivity (Wildman–Crippen MR) is 66.2 cm³/mol. The summed E-state index contributed by atoms with van der Waals surface area (Å²) < 4.78 is 0. The highest BCUT2D eigenvalue weighted by molar-refractivity contribution is 9.09. The van der Waals surface area contributed by atoms with Crippen molar-refractivity contribution in [3.8, 4) is 0 Å². The first-order chi connectivity index (χ1) is 6.63.